The Morgan fingerprint density at radius 3 is 2.30 bits per heavy atom. The van der Waals surface area contributed by atoms with Crippen LogP contribution in [0.4, 0.5) is 5.69 Å². The highest BCUT2D eigenvalue weighted by atomic mass is 16.4. The fourth-order valence-electron chi connectivity index (χ4n) is 2.93. The number of rotatable bonds is 5. The average Bonchev–Trinajstić information content (AvgIpc) is 2.96. The van der Waals surface area contributed by atoms with E-state index in [1.807, 2.05) is 12.1 Å². The lowest BCUT2D eigenvalue weighted by Gasteiger charge is -2.07. The van der Waals surface area contributed by atoms with E-state index in [9.17, 15) is 19.6 Å². The molecule has 30 heavy (non-hydrogen) atoms. The zero-order chi connectivity index (χ0) is 21.8. The SMILES string of the molecule is Cc1c(NC(=O)/C(C#N)=C/c2ccc(C(=O)O)cc2)c(=O)n(-c2ccccc2)n1C. The number of nitrogens with one attached hydrogen (secondary N) is 1. The van der Waals surface area contributed by atoms with Gasteiger partial charge in [0.15, 0.2) is 0 Å². The minimum atomic E-state index is -1.07. The summed E-state index contributed by atoms with van der Waals surface area (Å²) in [5.74, 6) is -1.80. The van der Waals surface area contributed by atoms with E-state index in [-0.39, 0.29) is 16.8 Å². The molecule has 0 saturated heterocycles. The minimum absolute atomic E-state index is 0.0775. The van der Waals surface area contributed by atoms with Crippen LogP contribution in [-0.4, -0.2) is 26.3 Å². The third-order valence-electron chi connectivity index (χ3n) is 4.63. The molecular formula is C22H18N4O4. The first kappa shape index (κ1) is 20.4. The lowest BCUT2D eigenvalue weighted by molar-refractivity contribution is -0.112. The lowest BCUT2D eigenvalue weighted by Crippen LogP contribution is -2.23. The molecule has 8 nitrogen and oxygen atoms in total. The van der Waals surface area contributed by atoms with Gasteiger partial charge in [0, 0.05) is 7.05 Å². The van der Waals surface area contributed by atoms with Crippen LogP contribution >= 0.6 is 0 Å². The van der Waals surface area contributed by atoms with Crippen molar-refractivity contribution in [3.63, 3.8) is 0 Å². The molecule has 8 heteroatoms. The molecule has 2 N–H and O–H groups in total. The number of carboxylic acid groups (broad SMARTS) is 1. The predicted molar refractivity (Wildman–Crippen MR) is 111 cm³/mol. The fraction of sp³-hybridized carbons (Fsp3) is 0.0909. The van der Waals surface area contributed by atoms with E-state index in [1.165, 1.54) is 35.0 Å². The largest absolute Gasteiger partial charge is 0.478 e. The second-order valence-electron chi connectivity index (χ2n) is 6.49. The number of nitriles is 1. The summed E-state index contributed by atoms with van der Waals surface area (Å²) in [5, 5.41) is 20.9. The number of carbonyl (C=O) groups excluding carboxylic acids is 1. The second kappa shape index (κ2) is 8.32. The van der Waals surface area contributed by atoms with Crippen LogP contribution in [0.3, 0.4) is 0 Å². The Labute approximate surface area is 171 Å². The molecule has 0 aliphatic heterocycles. The number of benzene rings is 2. The van der Waals surface area contributed by atoms with Crippen LogP contribution in [0.1, 0.15) is 21.6 Å². The highest BCUT2D eigenvalue weighted by molar-refractivity contribution is 6.09. The number of hydrogen-bond acceptors (Lipinski definition) is 4. The normalized spacial score (nSPS) is 11.0. The molecule has 3 rings (SSSR count). The topological polar surface area (TPSA) is 117 Å². The summed E-state index contributed by atoms with van der Waals surface area (Å²) in [6.45, 7) is 1.69. The van der Waals surface area contributed by atoms with Crippen LogP contribution in [0.25, 0.3) is 11.8 Å². The van der Waals surface area contributed by atoms with Crippen molar-refractivity contribution in [2.45, 2.75) is 6.92 Å². The predicted octanol–water partition coefficient (Wildman–Crippen LogP) is 2.73. The molecule has 0 bridgehead atoms. The summed E-state index contributed by atoms with van der Waals surface area (Å²) in [5.41, 5.74) is 1.19. The summed E-state index contributed by atoms with van der Waals surface area (Å²) >= 11 is 0. The van der Waals surface area contributed by atoms with Gasteiger partial charge >= 0.3 is 5.97 Å². The van der Waals surface area contributed by atoms with Crippen molar-refractivity contribution in [3.8, 4) is 11.8 Å². The fourth-order valence-corrected chi connectivity index (χ4v) is 2.93. The highest BCUT2D eigenvalue weighted by Gasteiger charge is 2.19. The third-order valence-corrected chi connectivity index (χ3v) is 4.63. The molecule has 150 valence electrons. The number of nitrogens with zero attached hydrogens (tertiary/aromatic N) is 3. The van der Waals surface area contributed by atoms with E-state index in [0.717, 1.165) is 0 Å². The summed E-state index contributed by atoms with van der Waals surface area (Å²) in [6.07, 6.45) is 1.33. The van der Waals surface area contributed by atoms with Gasteiger partial charge in [0.1, 0.15) is 17.3 Å². The summed E-state index contributed by atoms with van der Waals surface area (Å²) in [4.78, 5) is 36.5. The maximum Gasteiger partial charge on any atom is 0.335 e. The number of carbonyl (C=O) groups is 2. The average molecular weight is 402 g/mol. The van der Waals surface area contributed by atoms with Crippen molar-refractivity contribution in [1.82, 2.24) is 9.36 Å². The first-order valence-corrected chi connectivity index (χ1v) is 8.94. The smallest absolute Gasteiger partial charge is 0.335 e. The van der Waals surface area contributed by atoms with Crippen molar-refractivity contribution in [2.24, 2.45) is 7.05 Å². The monoisotopic (exact) mass is 402 g/mol. The van der Waals surface area contributed by atoms with Gasteiger partial charge in [0.25, 0.3) is 11.5 Å². The van der Waals surface area contributed by atoms with Gasteiger partial charge in [-0.15, -0.1) is 0 Å². The van der Waals surface area contributed by atoms with Crippen LogP contribution in [0, 0.1) is 18.3 Å². The van der Waals surface area contributed by atoms with Gasteiger partial charge in [-0.2, -0.15) is 5.26 Å². The first-order valence-electron chi connectivity index (χ1n) is 8.94. The van der Waals surface area contributed by atoms with Crippen LogP contribution in [-0.2, 0) is 11.8 Å². The van der Waals surface area contributed by atoms with Crippen LogP contribution in [0.15, 0.2) is 65.0 Å². The molecule has 0 aliphatic rings. The number of amides is 1. The summed E-state index contributed by atoms with van der Waals surface area (Å²) < 4.78 is 3.04. The number of aromatic nitrogens is 2. The molecule has 0 atom stereocenters. The van der Waals surface area contributed by atoms with Crippen LogP contribution < -0.4 is 10.9 Å². The zero-order valence-corrected chi connectivity index (χ0v) is 16.3. The van der Waals surface area contributed by atoms with Gasteiger partial charge in [-0.3, -0.25) is 14.3 Å². The highest BCUT2D eigenvalue weighted by Crippen LogP contribution is 2.16. The van der Waals surface area contributed by atoms with E-state index in [1.54, 1.807) is 42.9 Å². The van der Waals surface area contributed by atoms with Crippen molar-refractivity contribution in [3.05, 3.63) is 87.3 Å². The molecule has 0 fully saturated rings. The van der Waals surface area contributed by atoms with Gasteiger partial charge in [-0.1, -0.05) is 30.3 Å². The molecule has 1 heterocycles. The van der Waals surface area contributed by atoms with E-state index in [4.69, 9.17) is 5.11 Å². The Bertz CT molecular complexity index is 1240. The van der Waals surface area contributed by atoms with E-state index < -0.39 is 17.4 Å². The molecule has 1 amide bonds. The Morgan fingerprint density at radius 1 is 1.10 bits per heavy atom. The van der Waals surface area contributed by atoms with E-state index in [2.05, 4.69) is 5.32 Å². The van der Waals surface area contributed by atoms with Crippen molar-refractivity contribution < 1.29 is 14.7 Å². The summed E-state index contributed by atoms with van der Waals surface area (Å²) in [6, 6.07) is 16.5. The maximum absolute atomic E-state index is 12.9. The molecule has 0 aliphatic carbocycles. The molecule has 3 aromatic rings. The molecule has 0 unspecified atom stereocenters. The van der Waals surface area contributed by atoms with E-state index in [0.29, 0.717) is 16.9 Å². The summed E-state index contributed by atoms with van der Waals surface area (Å²) in [7, 11) is 1.70. The van der Waals surface area contributed by atoms with Gasteiger partial charge < -0.3 is 10.4 Å². The standard InChI is InChI=1S/C22H18N4O4/c1-14-19(21(28)26(25(14)2)18-6-4-3-5-7-18)24-20(27)17(13-23)12-15-8-10-16(11-9-15)22(29)30/h3-12H,1-2H3,(H,24,27)(H,29,30)/b17-12+. The second-order valence-corrected chi connectivity index (χ2v) is 6.49. The lowest BCUT2D eigenvalue weighted by atomic mass is 10.1. The van der Waals surface area contributed by atoms with Gasteiger partial charge in [-0.05, 0) is 42.8 Å². The van der Waals surface area contributed by atoms with Gasteiger partial charge in [0.2, 0.25) is 0 Å². The number of hydrogen-bond donors (Lipinski definition) is 2. The van der Waals surface area contributed by atoms with Crippen LogP contribution in [0.5, 0.6) is 0 Å². The number of anilines is 1. The molecular weight excluding hydrogens is 384 g/mol. The quantitative estimate of drug-likeness (QED) is 0.503. The molecule has 0 saturated carbocycles. The van der Waals surface area contributed by atoms with Crippen molar-refractivity contribution >= 4 is 23.6 Å². The number of carboxylic acids is 1. The Hall–Kier alpha value is -4.38. The third kappa shape index (κ3) is 3.91. The van der Waals surface area contributed by atoms with Gasteiger partial charge in [-0.25, -0.2) is 9.48 Å². The molecule has 0 radical (unpaired) electrons. The maximum atomic E-state index is 12.9. The first-order chi connectivity index (χ1) is 14.3. The van der Waals surface area contributed by atoms with Crippen molar-refractivity contribution in [2.75, 3.05) is 5.32 Å². The van der Waals surface area contributed by atoms with Crippen molar-refractivity contribution in [1.29, 1.82) is 5.26 Å². The Morgan fingerprint density at radius 2 is 1.73 bits per heavy atom. The van der Waals surface area contributed by atoms with Gasteiger partial charge in [0.05, 0.1) is 16.9 Å². The zero-order valence-electron chi connectivity index (χ0n) is 16.3. The number of para-hydroxylation sites is 1. The minimum Gasteiger partial charge on any atom is -0.478 e. The van der Waals surface area contributed by atoms with Crippen LogP contribution in [0.2, 0.25) is 0 Å². The number of aromatic carboxylic acids is 1. The Kier molecular flexibility index (Phi) is 5.65. The van der Waals surface area contributed by atoms with E-state index >= 15 is 0 Å². The molecule has 0 spiro atoms. The Balaban J connectivity index is 1.92. The molecule has 2 aromatic carbocycles. The molecule has 1 aromatic heterocycles.